The first-order valence-electron chi connectivity index (χ1n) is 6.80. The van der Waals surface area contributed by atoms with Crippen molar-refractivity contribution in [2.75, 3.05) is 32.7 Å². The Labute approximate surface area is 105 Å². The van der Waals surface area contributed by atoms with Crippen molar-refractivity contribution in [3.05, 3.63) is 12.7 Å². The number of nitrogens with zero attached hydrogens (tertiary/aromatic N) is 2. The molecule has 1 fully saturated rings. The molecule has 0 aromatic rings. The second-order valence-corrected chi connectivity index (χ2v) is 5.01. The Morgan fingerprint density at radius 2 is 2.18 bits per heavy atom. The lowest BCUT2D eigenvalue weighted by Crippen LogP contribution is -2.50. The molecule has 0 bridgehead atoms. The monoisotopic (exact) mass is 238 g/mol. The van der Waals surface area contributed by atoms with E-state index < -0.39 is 0 Å². The lowest BCUT2D eigenvalue weighted by molar-refractivity contribution is -0.136. The number of hydrogen-bond acceptors (Lipinski definition) is 2. The van der Waals surface area contributed by atoms with Crippen LogP contribution in [-0.4, -0.2) is 48.4 Å². The Balaban J connectivity index is 2.26. The Morgan fingerprint density at radius 3 is 2.76 bits per heavy atom. The maximum Gasteiger partial charge on any atom is 0.236 e. The number of piperazine rings is 1. The van der Waals surface area contributed by atoms with E-state index in [4.69, 9.17) is 0 Å². The van der Waals surface area contributed by atoms with Crippen molar-refractivity contribution in [3.8, 4) is 0 Å². The molecule has 1 rings (SSSR count). The summed E-state index contributed by atoms with van der Waals surface area (Å²) in [4.78, 5) is 16.2. The molecule has 3 heteroatoms. The second kappa shape index (κ2) is 7.49. The van der Waals surface area contributed by atoms with Gasteiger partial charge in [0.05, 0.1) is 6.54 Å². The molecule has 1 heterocycles. The van der Waals surface area contributed by atoms with Gasteiger partial charge in [-0.25, -0.2) is 0 Å². The van der Waals surface area contributed by atoms with Gasteiger partial charge in [-0.1, -0.05) is 26.3 Å². The van der Waals surface area contributed by atoms with Crippen LogP contribution in [0.4, 0.5) is 0 Å². The van der Waals surface area contributed by atoms with E-state index in [1.165, 1.54) is 0 Å². The highest BCUT2D eigenvalue weighted by atomic mass is 16.2. The smallest absolute Gasteiger partial charge is 0.236 e. The van der Waals surface area contributed by atoms with Gasteiger partial charge in [0, 0.05) is 19.6 Å². The van der Waals surface area contributed by atoms with Gasteiger partial charge in [0.15, 0.2) is 0 Å². The molecule has 0 N–H and O–H groups in total. The molecule has 1 unspecified atom stereocenters. The third-order valence-corrected chi connectivity index (χ3v) is 3.48. The number of amides is 1. The lowest BCUT2D eigenvalue weighted by Gasteiger charge is -2.34. The van der Waals surface area contributed by atoms with Gasteiger partial charge in [-0.15, -0.1) is 6.58 Å². The fourth-order valence-electron chi connectivity index (χ4n) is 2.04. The zero-order valence-electron chi connectivity index (χ0n) is 11.3. The third kappa shape index (κ3) is 4.90. The van der Waals surface area contributed by atoms with Crippen LogP contribution in [0, 0.1) is 5.92 Å². The summed E-state index contributed by atoms with van der Waals surface area (Å²) < 4.78 is 0. The van der Waals surface area contributed by atoms with Crippen LogP contribution in [0.25, 0.3) is 0 Å². The molecule has 0 saturated carbocycles. The first kappa shape index (κ1) is 14.2. The molecule has 1 aliphatic rings. The topological polar surface area (TPSA) is 23.6 Å². The van der Waals surface area contributed by atoms with Gasteiger partial charge in [-0.2, -0.15) is 0 Å². The minimum Gasteiger partial charge on any atom is -0.340 e. The summed E-state index contributed by atoms with van der Waals surface area (Å²) in [6.07, 6.45) is 5.37. The second-order valence-electron chi connectivity index (χ2n) is 5.01. The number of hydrogen-bond donors (Lipinski definition) is 0. The predicted molar refractivity (Wildman–Crippen MR) is 71.9 cm³/mol. The average Bonchev–Trinajstić information content (AvgIpc) is 2.34. The van der Waals surface area contributed by atoms with Gasteiger partial charge in [-0.05, 0) is 25.3 Å². The zero-order chi connectivity index (χ0) is 12.7. The molecule has 0 spiro atoms. The lowest BCUT2D eigenvalue weighted by atomic mass is 10.1. The highest BCUT2D eigenvalue weighted by molar-refractivity contribution is 5.79. The fraction of sp³-hybridized carbons (Fsp3) is 0.786. The molecule has 3 nitrogen and oxygen atoms in total. The van der Waals surface area contributed by atoms with E-state index >= 15 is 0 Å². The van der Waals surface area contributed by atoms with Gasteiger partial charge >= 0.3 is 0 Å². The van der Waals surface area contributed by atoms with Crippen molar-refractivity contribution in [2.45, 2.75) is 33.1 Å². The predicted octanol–water partition coefficient (Wildman–Crippen LogP) is 2.14. The molecule has 17 heavy (non-hydrogen) atoms. The molecular formula is C14H26N2O. The SMILES string of the molecule is C=CC(C)CCN1CCN(CCCC)C(=O)C1. The zero-order valence-corrected chi connectivity index (χ0v) is 11.3. The van der Waals surface area contributed by atoms with E-state index in [-0.39, 0.29) is 0 Å². The molecule has 1 aliphatic heterocycles. The molecule has 1 saturated heterocycles. The quantitative estimate of drug-likeness (QED) is 0.634. The van der Waals surface area contributed by atoms with Crippen LogP contribution in [0.1, 0.15) is 33.1 Å². The molecule has 0 aromatic heterocycles. The van der Waals surface area contributed by atoms with Crippen LogP contribution in [0.5, 0.6) is 0 Å². The van der Waals surface area contributed by atoms with Crippen LogP contribution in [-0.2, 0) is 4.79 Å². The van der Waals surface area contributed by atoms with Gasteiger partial charge in [-0.3, -0.25) is 9.69 Å². The van der Waals surface area contributed by atoms with Gasteiger partial charge < -0.3 is 4.90 Å². The van der Waals surface area contributed by atoms with Crippen LogP contribution in [0.15, 0.2) is 12.7 Å². The maximum absolute atomic E-state index is 11.9. The highest BCUT2D eigenvalue weighted by Crippen LogP contribution is 2.09. The molecule has 98 valence electrons. The third-order valence-electron chi connectivity index (χ3n) is 3.48. The Hall–Kier alpha value is -0.830. The number of allylic oxidation sites excluding steroid dienone is 1. The molecule has 0 aliphatic carbocycles. The summed E-state index contributed by atoms with van der Waals surface area (Å²) in [7, 11) is 0. The van der Waals surface area contributed by atoms with Crippen LogP contribution >= 0.6 is 0 Å². The normalized spacial score (nSPS) is 19.4. The maximum atomic E-state index is 11.9. The van der Waals surface area contributed by atoms with Crippen molar-refractivity contribution < 1.29 is 4.79 Å². The van der Waals surface area contributed by atoms with Crippen molar-refractivity contribution in [2.24, 2.45) is 5.92 Å². The van der Waals surface area contributed by atoms with Crippen molar-refractivity contribution in [1.29, 1.82) is 0 Å². The summed E-state index contributed by atoms with van der Waals surface area (Å²) in [5, 5.41) is 0. The van der Waals surface area contributed by atoms with Gasteiger partial charge in [0.1, 0.15) is 0 Å². The van der Waals surface area contributed by atoms with Crippen LogP contribution < -0.4 is 0 Å². The summed E-state index contributed by atoms with van der Waals surface area (Å²) in [5.74, 6) is 0.846. The minimum atomic E-state index is 0.302. The Morgan fingerprint density at radius 1 is 1.41 bits per heavy atom. The van der Waals surface area contributed by atoms with Crippen molar-refractivity contribution >= 4 is 5.91 Å². The number of carbonyl (C=O) groups is 1. The standard InChI is InChI=1S/C14H26N2O/c1-4-6-8-16-11-10-15(12-14(16)17)9-7-13(3)5-2/h5,13H,2,4,6-12H2,1,3H3. The summed E-state index contributed by atoms with van der Waals surface area (Å²) >= 11 is 0. The van der Waals surface area contributed by atoms with Crippen molar-refractivity contribution in [3.63, 3.8) is 0 Å². The summed E-state index contributed by atoms with van der Waals surface area (Å²) in [6, 6.07) is 0. The molecule has 0 radical (unpaired) electrons. The van der Waals surface area contributed by atoms with E-state index in [2.05, 4.69) is 25.3 Å². The highest BCUT2D eigenvalue weighted by Gasteiger charge is 2.22. The first-order valence-corrected chi connectivity index (χ1v) is 6.80. The molecule has 1 atom stereocenters. The van der Waals surface area contributed by atoms with Gasteiger partial charge in [0.25, 0.3) is 0 Å². The molecule has 0 aromatic carbocycles. The minimum absolute atomic E-state index is 0.302. The van der Waals surface area contributed by atoms with Gasteiger partial charge in [0.2, 0.25) is 5.91 Å². The van der Waals surface area contributed by atoms with E-state index in [0.29, 0.717) is 18.4 Å². The fourth-order valence-corrected chi connectivity index (χ4v) is 2.04. The molecule has 1 amide bonds. The number of unbranched alkanes of at least 4 members (excludes halogenated alkanes) is 1. The van der Waals surface area contributed by atoms with Crippen LogP contribution in [0.3, 0.4) is 0 Å². The average molecular weight is 238 g/mol. The van der Waals surface area contributed by atoms with E-state index in [0.717, 1.165) is 45.4 Å². The largest absolute Gasteiger partial charge is 0.340 e. The Kier molecular flexibility index (Phi) is 6.27. The van der Waals surface area contributed by atoms with Crippen LogP contribution in [0.2, 0.25) is 0 Å². The van der Waals surface area contributed by atoms with E-state index in [1.54, 1.807) is 0 Å². The Bertz CT molecular complexity index is 253. The van der Waals surface area contributed by atoms with E-state index in [1.807, 2.05) is 11.0 Å². The van der Waals surface area contributed by atoms with Crippen molar-refractivity contribution in [1.82, 2.24) is 9.80 Å². The number of carbonyl (C=O) groups excluding carboxylic acids is 1. The first-order chi connectivity index (χ1) is 8.17. The molecular weight excluding hydrogens is 212 g/mol. The summed E-state index contributed by atoms with van der Waals surface area (Å²) in [5.41, 5.74) is 0. The number of rotatable bonds is 7. The summed E-state index contributed by atoms with van der Waals surface area (Å²) in [6.45, 7) is 12.6. The van der Waals surface area contributed by atoms with E-state index in [9.17, 15) is 4.79 Å².